The van der Waals surface area contributed by atoms with Gasteiger partial charge in [-0.15, -0.1) is 6.58 Å². The van der Waals surface area contributed by atoms with Crippen molar-refractivity contribution >= 4 is 5.91 Å². The summed E-state index contributed by atoms with van der Waals surface area (Å²) in [6, 6.07) is 0. The Morgan fingerprint density at radius 1 is 1.57 bits per heavy atom. The first-order chi connectivity index (χ1) is 6.61. The highest BCUT2D eigenvalue weighted by atomic mass is 16.1. The third-order valence-electron chi connectivity index (χ3n) is 2.40. The Bertz CT molecular complexity index is 208. The topological polar surface area (TPSA) is 43.1 Å². The molecule has 2 heteroatoms. The van der Waals surface area contributed by atoms with Crippen LogP contribution in [0.2, 0.25) is 0 Å². The van der Waals surface area contributed by atoms with Crippen LogP contribution in [0.5, 0.6) is 0 Å². The van der Waals surface area contributed by atoms with E-state index in [2.05, 4.69) is 13.2 Å². The summed E-state index contributed by atoms with van der Waals surface area (Å²) in [7, 11) is 0. The second kappa shape index (κ2) is 7.36. The van der Waals surface area contributed by atoms with Gasteiger partial charge in [-0.25, -0.2) is 0 Å². The molecule has 0 unspecified atom stereocenters. The number of carbonyl (C=O) groups is 1. The molecule has 1 amide bonds. The highest BCUT2D eigenvalue weighted by Gasteiger charge is 2.14. The van der Waals surface area contributed by atoms with E-state index >= 15 is 0 Å². The van der Waals surface area contributed by atoms with Gasteiger partial charge in [-0.2, -0.15) is 0 Å². The van der Waals surface area contributed by atoms with Crippen LogP contribution < -0.4 is 5.73 Å². The number of carbonyl (C=O) groups excluding carboxylic acids is 1. The van der Waals surface area contributed by atoms with Crippen molar-refractivity contribution in [2.24, 2.45) is 11.7 Å². The Kier molecular flexibility index (Phi) is 6.81. The van der Waals surface area contributed by atoms with Gasteiger partial charge in [-0.1, -0.05) is 25.2 Å². The summed E-state index contributed by atoms with van der Waals surface area (Å²) in [5, 5.41) is 0. The van der Waals surface area contributed by atoms with Crippen LogP contribution >= 0.6 is 0 Å². The summed E-state index contributed by atoms with van der Waals surface area (Å²) < 4.78 is 0. The molecule has 0 aromatic rings. The van der Waals surface area contributed by atoms with Gasteiger partial charge in [0.05, 0.1) is 0 Å². The second-order valence-electron chi connectivity index (χ2n) is 3.63. The maximum absolute atomic E-state index is 11.1. The molecule has 0 fully saturated rings. The lowest BCUT2D eigenvalue weighted by molar-refractivity contribution is -0.122. The Morgan fingerprint density at radius 2 is 2.21 bits per heavy atom. The smallest absolute Gasteiger partial charge is 0.220 e. The molecule has 0 aliphatic carbocycles. The van der Waals surface area contributed by atoms with Gasteiger partial charge in [0, 0.05) is 5.92 Å². The van der Waals surface area contributed by atoms with E-state index in [0.29, 0.717) is 0 Å². The predicted octanol–water partition coefficient (Wildman–Crippen LogP) is 2.80. The number of amides is 1. The first-order valence-electron chi connectivity index (χ1n) is 5.18. The average molecular weight is 195 g/mol. The molecule has 0 bridgehead atoms. The monoisotopic (exact) mass is 195 g/mol. The van der Waals surface area contributed by atoms with Gasteiger partial charge in [-0.05, 0) is 32.1 Å². The molecule has 1 atom stereocenters. The maximum atomic E-state index is 11.1. The number of primary amides is 1. The molecule has 2 N–H and O–H groups in total. The van der Waals surface area contributed by atoms with Gasteiger partial charge in [0.25, 0.3) is 0 Å². The van der Waals surface area contributed by atoms with E-state index < -0.39 is 0 Å². The van der Waals surface area contributed by atoms with E-state index in [1.54, 1.807) is 0 Å². The third kappa shape index (κ3) is 5.57. The molecule has 0 aliphatic rings. The van der Waals surface area contributed by atoms with E-state index in [1.165, 1.54) is 0 Å². The Labute approximate surface area is 86.9 Å². The Balaban J connectivity index is 3.95. The van der Waals surface area contributed by atoms with Crippen molar-refractivity contribution in [3.63, 3.8) is 0 Å². The van der Waals surface area contributed by atoms with Gasteiger partial charge in [0.15, 0.2) is 0 Å². The van der Waals surface area contributed by atoms with Crippen molar-refractivity contribution in [1.82, 2.24) is 0 Å². The van der Waals surface area contributed by atoms with Crippen molar-refractivity contribution < 1.29 is 4.79 Å². The average Bonchev–Trinajstić information content (AvgIpc) is 2.16. The van der Waals surface area contributed by atoms with Crippen molar-refractivity contribution in [3.8, 4) is 0 Å². The summed E-state index contributed by atoms with van der Waals surface area (Å²) in [6.45, 7) is 9.59. The van der Waals surface area contributed by atoms with E-state index in [-0.39, 0.29) is 11.8 Å². The molecular formula is C12H21NO. The summed E-state index contributed by atoms with van der Waals surface area (Å²) in [5.74, 6) is -0.244. The van der Waals surface area contributed by atoms with Gasteiger partial charge >= 0.3 is 0 Å². The van der Waals surface area contributed by atoms with Crippen molar-refractivity contribution in [3.05, 3.63) is 24.8 Å². The third-order valence-corrected chi connectivity index (χ3v) is 2.40. The Morgan fingerprint density at radius 3 is 2.64 bits per heavy atom. The molecule has 0 radical (unpaired) electrons. The maximum Gasteiger partial charge on any atom is 0.220 e. The molecule has 80 valence electrons. The normalized spacial score (nSPS) is 12.1. The van der Waals surface area contributed by atoms with Gasteiger partial charge < -0.3 is 5.73 Å². The number of unbranched alkanes of at least 4 members (excludes halogenated alkanes) is 1. The Hall–Kier alpha value is -1.05. The fraction of sp³-hybridized carbons (Fsp3) is 0.583. The van der Waals surface area contributed by atoms with Crippen LogP contribution in [0, 0.1) is 5.92 Å². The van der Waals surface area contributed by atoms with Crippen LogP contribution in [0.4, 0.5) is 0 Å². The van der Waals surface area contributed by atoms with Crippen LogP contribution in [-0.4, -0.2) is 5.91 Å². The van der Waals surface area contributed by atoms with Crippen molar-refractivity contribution in [2.45, 2.75) is 39.0 Å². The van der Waals surface area contributed by atoms with Crippen LogP contribution in [0.1, 0.15) is 39.0 Å². The predicted molar refractivity (Wildman–Crippen MR) is 60.8 cm³/mol. The summed E-state index contributed by atoms with van der Waals surface area (Å²) in [5.41, 5.74) is 6.42. The fourth-order valence-electron chi connectivity index (χ4n) is 1.35. The minimum atomic E-state index is -0.205. The lowest BCUT2D eigenvalue weighted by Gasteiger charge is -2.13. The number of nitrogens with two attached hydrogens (primary N) is 1. The standard InChI is InChI=1S/C12H21NO/c1-4-6-7-8-11(12(13)14)9-10(3)5-2/h4,11H,1,3,5-9H2,2H3,(H2,13,14)/t11-/m1/s1. The molecule has 14 heavy (non-hydrogen) atoms. The van der Waals surface area contributed by atoms with Crippen LogP contribution in [0.15, 0.2) is 24.8 Å². The van der Waals surface area contributed by atoms with Gasteiger partial charge in [0.1, 0.15) is 0 Å². The molecule has 0 aromatic carbocycles. The number of hydrogen-bond acceptors (Lipinski definition) is 1. The van der Waals surface area contributed by atoms with Crippen LogP contribution in [-0.2, 0) is 4.79 Å². The van der Waals surface area contributed by atoms with Crippen molar-refractivity contribution in [2.75, 3.05) is 0 Å². The SMILES string of the molecule is C=CCCC[C@H](CC(=C)CC)C(N)=O. The van der Waals surface area contributed by atoms with E-state index in [9.17, 15) is 4.79 Å². The molecule has 0 rings (SSSR count). The minimum absolute atomic E-state index is 0.0394. The lowest BCUT2D eigenvalue weighted by Crippen LogP contribution is -2.23. The van der Waals surface area contributed by atoms with Crippen molar-refractivity contribution in [1.29, 1.82) is 0 Å². The highest BCUT2D eigenvalue weighted by molar-refractivity contribution is 5.76. The highest BCUT2D eigenvalue weighted by Crippen LogP contribution is 2.18. The van der Waals surface area contributed by atoms with E-state index in [0.717, 1.165) is 37.7 Å². The molecule has 0 aliphatic heterocycles. The molecule has 0 saturated heterocycles. The number of rotatable bonds is 8. The lowest BCUT2D eigenvalue weighted by atomic mass is 9.93. The first kappa shape index (κ1) is 12.9. The molecule has 0 heterocycles. The number of allylic oxidation sites excluding steroid dienone is 2. The zero-order valence-corrected chi connectivity index (χ0v) is 9.09. The quantitative estimate of drug-likeness (QED) is 0.469. The van der Waals surface area contributed by atoms with E-state index in [4.69, 9.17) is 5.73 Å². The first-order valence-corrected chi connectivity index (χ1v) is 5.18. The minimum Gasteiger partial charge on any atom is -0.369 e. The van der Waals surface area contributed by atoms with Crippen LogP contribution in [0.25, 0.3) is 0 Å². The largest absolute Gasteiger partial charge is 0.369 e. The number of hydrogen-bond donors (Lipinski definition) is 1. The molecule has 0 saturated carbocycles. The zero-order valence-electron chi connectivity index (χ0n) is 9.09. The molecule has 2 nitrogen and oxygen atoms in total. The van der Waals surface area contributed by atoms with Gasteiger partial charge in [-0.3, -0.25) is 4.79 Å². The summed E-state index contributed by atoms with van der Waals surface area (Å²) in [4.78, 5) is 11.1. The molecule has 0 aromatic heterocycles. The zero-order chi connectivity index (χ0) is 11.0. The fourth-order valence-corrected chi connectivity index (χ4v) is 1.35. The summed E-state index contributed by atoms with van der Waals surface area (Å²) in [6.07, 6.45) is 6.30. The molecular weight excluding hydrogens is 174 g/mol. The molecule has 0 spiro atoms. The summed E-state index contributed by atoms with van der Waals surface area (Å²) >= 11 is 0. The van der Waals surface area contributed by atoms with Crippen LogP contribution in [0.3, 0.4) is 0 Å². The van der Waals surface area contributed by atoms with Gasteiger partial charge in [0.2, 0.25) is 5.91 Å². The second-order valence-corrected chi connectivity index (χ2v) is 3.63. The van der Waals surface area contributed by atoms with E-state index in [1.807, 2.05) is 13.0 Å².